The van der Waals surface area contributed by atoms with E-state index in [1.807, 2.05) is 30.3 Å². The quantitative estimate of drug-likeness (QED) is 0.698. The first-order valence-electron chi connectivity index (χ1n) is 7.93. The topological polar surface area (TPSA) is 75.3 Å². The van der Waals surface area contributed by atoms with Crippen LogP contribution in [0.1, 0.15) is 5.56 Å². The second-order valence-corrected chi connectivity index (χ2v) is 7.55. The highest BCUT2D eigenvalue weighted by Crippen LogP contribution is 2.22. The lowest BCUT2D eigenvalue weighted by Crippen LogP contribution is -2.33. The van der Waals surface area contributed by atoms with Crippen LogP contribution in [0.5, 0.6) is 0 Å². The molecule has 0 unspecified atom stereocenters. The van der Waals surface area contributed by atoms with E-state index in [1.54, 1.807) is 18.2 Å². The van der Waals surface area contributed by atoms with Crippen LogP contribution in [-0.4, -0.2) is 20.9 Å². The van der Waals surface area contributed by atoms with Crippen molar-refractivity contribution in [1.29, 1.82) is 0 Å². The molecule has 0 aromatic heterocycles. The molecule has 3 rings (SSSR count). The van der Waals surface area contributed by atoms with Crippen molar-refractivity contribution in [3.63, 3.8) is 0 Å². The number of benzene rings is 3. The van der Waals surface area contributed by atoms with Crippen LogP contribution in [0.4, 0.5) is 10.1 Å². The van der Waals surface area contributed by atoms with Crippen molar-refractivity contribution in [2.24, 2.45) is 0 Å². The maximum Gasteiger partial charge on any atom is 0.239 e. The van der Waals surface area contributed by atoms with E-state index in [-0.39, 0.29) is 5.56 Å². The summed E-state index contributed by atoms with van der Waals surface area (Å²) in [4.78, 5) is 12.1. The number of carbonyl (C=O) groups is 1. The van der Waals surface area contributed by atoms with E-state index in [2.05, 4.69) is 10.0 Å². The van der Waals surface area contributed by atoms with Crippen LogP contribution >= 0.6 is 0 Å². The van der Waals surface area contributed by atoms with Crippen molar-refractivity contribution >= 4 is 32.4 Å². The Morgan fingerprint density at radius 1 is 0.923 bits per heavy atom. The Labute approximate surface area is 150 Å². The van der Waals surface area contributed by atoms with Crippen LogP contribution in [0.25, 0.3) is 10.8 Å². The first kappa shape index (κ1) is 18.0. The lowest BCUT2D eigenvalue weighted by Gasteiger charge is -2.10. The molecule has 0 bridgehead atoms. The van der Waals surface area contributed by atoms with E-state index in [1.165, 1.54) is 18.2 Å². The van der Waals surface area contributed by atoms with Gasteiger partial charge in [-0.1, -0.05) is 54.6 Å². The molecule has 0 aliphatic carbocycles. The van der Waals surface area contributed by atoms with E-state index >= 15 is 0 Å². The van der Waals surface area contributed by atoms with Crippen molar-refractivity contribution in [3.05, 3.63) is 78.1 Å². The van der Waals surface area contributed by atoms with Crippen LogP contribution in [0, 0.1) is 5.82 Å². The lowest BCUT2D eigenvalue weighted by atomic mass is 10.1. The van der Waals surface area contributed by atoms with E-state index in [9.17, 15) is 17.6 Å². The molecule has 0 heterocycles. The Morgan fingerprint density at radius 2 is 1.62 bits per heavy atom. The molecule has 0 spiro atoms. The van der Waals surface area contributed by atoms with E-state index in [0.717, 1.165) is 10.8 Å². The number of halogens is 1. The highest BCUT2D eigenvalue weighted by molar-refractivity contribution is 7.88. The molecule has 7 heteroatoms. The van der Waals surface area contributed by atoms with Crippen LogP contribution < -0.4 is 10.0 Å². The Bertz CT molecular complexity index is 1050. The summed E-state index contributed by atoms with van der Waals surface area (Å²) in [7, 11) is -3.84. The second kappa shape index (κ2) is 7.63. The van der Waals surface area contributed by atoms with Gasteiger partial charge in [0.25, 0.3) is 0 Å². The van der Waals surface area contributed by atoms with Gasteiger partial charge in [-0.15, -0.1) is 0 Å². The summed E-state index contributed by atoms with van der Waals surface area (Å²) < 4.78 is 39.9. The molecular formula is C19H17FN2O3S. The van der Waals surface area contributed by atoms with Crippen LogP contribution in [0.2, 0.25) is 0 Å². The van der Waals surface area contributed by atoms with Crippen LogP contribution in [0.3, 0.4) is 0 Å². The molecule has 2 N–H and O–H groups in total. The molecular weight excluding hydrogens is 355 g/mol. The summed E-state index contributed by atoms with van der Waals surface area (Å²) in [5.41, 5.74) is 0.649. The summed E-state index contributed by atoms with van der Waals surface area (Å²) in [6.07, 6.45) is 0. The number of amides is 1. The van der Waals surface area contributed by atoms with Gasteiger partial charge in [-0.2, -0.15) is 0 Å². The fraction of sp³-hybridized carbons (Fsp3) is 0.105. The summed E-state index contributed by atoms with van der Waals surface area (Å²) in [6.45, 7) is -0.431. The monoisotopic (exact) mass is 372 g/mol. The molecule has 0 aliphatic heterocycles. The van der Waals surface area contributed by atoms with Crippen molar-refractivity contribution in [3.8, 4) is 0 Å². The van der Waals surface area contributed by atoms with Gasteiger partial charge in [0, 0.05) is 16.6 Å². The average Bonchev–Trinajstić information content (AvgIpc) is 2.62. The summed E-state index contributed by atoms with van der Waals surface area (Å²) in [6, 6.07) is 18.6. The number of sulfonamides is 1. The van der Waals surface area contributed by atoms with Gasteiger partial charge in [-0.25, -0.2) is 17.5 Å². The van der Waals surface area contributed by atoms with Gasteiger partial charge < -0.3 is 5.32 Å². The van der Waals surface area contributed by atoms with Gasteiger partial charge in [0.05, 0.1) is 12.3 Å². The standard InChI is InChI=1S/C19H17FN2O3S/c20-17-10-4-2-7-15(17)13-26(24,25)21-12-19(23)22-18-11-5-8-14-6-1-3-9-16(14)18/h1-11,21H,12-13H2,(H,22,23). The molecule has 0 aliphatic rings. The molecule has 5 nitrogen and oxygen atoms in total. The minimum Gasteiger partial charge on any atom is -0.324 e. The third kappa shape index (κ3) is 4.44. The number of hydrogen-bond donors (Lipinski definition) is 2. The number of fused-ring (bicyclic) bond motifs is 1. The van der Waals surface area contributed by atoms with Crippen molar-refractivity contribution < 1.29 is 17.6 Å². The number of rotatable bonds is 6. The van der Waals surface area contributed by atoms with Crippen LogP contribution in [-0.2, 0) is 20.6 Å². The zero-order chi connectivity index (χ0) is 18.6. The first-order valence-corrected chi connectivity index (χ1v) is 9.58. The van der Waals surface area contributed by atoms with Gasteiger partial charge in [0.2, 0.25) is 15.9 Å². The van der Waals surface area contributed by atoms with Crippen molar-refractivity contribution in [2.45, 2.75) is 5.75 Å². The number of carbonyl (C=O) groups excluding carboxylic acids is 1. The first-order chi connectivity index (χ1) is 12.4. The number of anilines is 1. The van der Waals surface area contributed by atoms with Crippen molar-refractivity contribution in [2.75, 3.05) is 11.9 Å². The Balaban J connectivity index is 1.64. The van der Waals surface area contributed by atoms with Gasteiger partial charge >= 0.3 is 0 Å². The molecule has 3 aromatic carbocycles. The third-order valence-electron chi connectivity index (χ3n) is 3.82. The SMILES string of the molecule is O=C(CNS(=O)(=O)Cc1ccccc1F)Nc1cccc2ccccc12. The fourth-order valence-corrected chi connectivity index (χ4v) is 3.67. The smallest absolute Gasteiger partial charge is 0.239 e. The predicted octanol–water partition coefficient (Wildman–Crippen LogP) is 3.04. The largest absolute Gasteiger partial charge is 0.324 e. The second-order valence-electron chi connectivity index (χ2n) is 5.75. The van der Waals surface area contributed by atoms with Gasteiger partial charge in [-0.3, -0.25) is 4.79 Å². The Kier molecular flexibility index (Phi) is 5.29. The van der Waals surface area contributed by atoms with Gasteiger partial charge in [-0.05, 0) is 17.5 Å². The van der Waals surface area contributed by atoms with E-state index in [4.69, 9.17) is 0 Å². The van der Waals surface area contributed by atoms with Gasteiger partial charge in [0.1, 0.15) is 5.82 Å². The zero-order valence-electron chi connectivity index (χ0n) is 13.8. The van der Waals surface area contributed by atoms with E-state index < -0.39 is 34.0 Å². The number of hydrogen-bond acceptors (Lipinski definition) is 3. The van der Waals surface area contributed by atoms with Gasteiger partial charge in [0.15, 0.2) is 0 Å². The number of nitrogens with one attached hydrogen (secondary N) is 2. The maximum absolute atomic E-state index is 13.6. The summed E-state index contributed by atoms with van der Waals surface area (Å²) >= 11 is 0. The molecule has 0 saturated carbocycles. The normalized spacial score (nSPS) is 11.4. The molecule has 0 radical (unpaired) electrons. The molecule has 134 valence electrons. The predicted molar refractivity (Wildman–Crippen MR) is 99.6 cm³/mol. The molecule has 26 heavy (non-hydrogen) atoms. The van der Waals surface area contributed by atoms with Crippen LogP contribution in [0.15, 0.2) is 66.7 Å². The molecule has 0 saturated heterocycles. The lowest BCUT2D eigenvalue weighted by molar-refractivity contribution is -0.115. The maximum atomic E-state index is 13.6. The minimum absolute atomic E-state index is 0.0504. The highest BCUT2D eigenvalue weighted by Gasteiger charge is 2.16. The molecule has 0 fully saturated rings. The molecule has 0 atom stereocenters. The molecule has 3 aromatic rings. The van der Waals surface area contributed by atoms with E-state index in [0.29, 0.717) is 5.69 Å². The third-order valence-corrected chi connectivity index (χ3v) is 5.09. The summed E-state index contributed by atoms with van der Waals surface area (Å²) in [5.74, 6) is -1.63. The highest BCUT2D eigenvalue weighted by atomic mass is 32.2. The Hall–Kier alpha value is -2.77. The fourth-order valence-electron chi connectivity index (χ4n) is 2.58. The van der Waals surface area contributed by atoms with Crippen molar-refractivity contribution in [1.82, 2.24) is 4.72 Å². The Morgan fingerprint density at radius 3 is 2.42 bits per heavy atom. The average molecular weight is 372 g/mol. The zero-order valence-corrected chi connectivity index (χ0v) is 14.6. The summed E-state index contributed by atoms with van der Waals surface area (Å²) in [5, 5.41) is 4.52. The minimum atomic E-state index is -3.84. The molecule has 1 amide bonds.